The number of piperidine rings is 2. The van der Waals surface area contributed by atoms with Crippen LogP contribution in [0.25, 0.3) is 0 Å². The average molecular weight is 349 g/mol. The van der Waals surface area contributed by atoms with Gasteiger partial charge in [0, 0.05) is 40.9 Å². The molecular weight excluding hydrogens is 326 g/mol. The number of amides is 1. The molecule has 6 atom stereocenters. The predicted octanol–water partition coefficient (Wildman–Crippen LogP) is 1.67. The highest BCUT2D eigenvalue weighted by Gasteiger charge is 2.71. The largest absolute Gasteiger partial charge is 0.398 e. The Labute approximate surface area is 152 Å². The molecule has 4 fully saturated rings. The first-order valence-electron chi connectivity index (χ1n) is 9.96. The molecule has 6 unspecified atom stereocenters. The second-order valence-electron chi connectivity index (χ2n) is 9.00. The summed E-state index contributed by atoms with van der Waals surface area (Å²) in [7, 11) is 0. The molecule has 7 rings (SSSR count). The molecule has 1 spiro atoms. The van der Waals surface area contributed by atoms with Gasteiger partial charge in [0.2, 0.25) is 5.91 Å². The molecule has 5 aliphatic heterocycles. The van der Waals surface area contributed by atoms with Gasteiger partial charge in [-0.2, -0.15) is 0 Å². The van der Waals surface area contributed by atoms with Crippen molar-refractivity contribution in [2.75, 3.05) is 30.3 Å². The van der Waals surface area contributed by atoms with Crippen LogP contribution >= 0.6 is 0 Å². The summed E-state index contributed by atoms with van der Waals surface area (Å²) < 4.78 is 6.25. The fourth-order valence-corrected chi connectivity index (χ4v) is 7.66. The molecule has 5 heterocycles. The van der Waals surface area contributed by atoms with Gasteiger partial charge in [0.1, 0.15) is 0 Å². The van der Waals surface area contributed by atoms with Crippen molar-refractivity contribution in [2.45, 2.75) is 42.9 Å². The van der Waals surface area contributed by atoms with E-state index in [9.17, 15) is 4.79 Å². The Morgan fingerprint density at radius 3 is 3.15 bits per heavy atom. The normalized spacial score (nSPS) is 44.6. The van der Waals surface area contributed by atoms with Crippen molar-refractivity contribution in [2.24, 2.45) is 11.8 Å². The summed E-state index contributed by atoms with van der Waals surface area (Å²) in [5.74, 6) is 1.19. The molecular formula is C21H23N3O2. The van der Waals surface area contributed by atoms with E-state index in [1.165, 1.54) is 12.0 Å². The number of anilines is 2. The summed E-state index contributed by atoms with van der Waals surface area (Å²) in [6.45, 7) is 2.85. The van der Waals surface area contributed by atoms with Gasteiger partial charge in [0.15, 0.2) is 0 Å². The molecule has 5 heteroatoms. The molecule has 5 nitrogen and oxygen atoms in total. The van der Waals surface area contributed by atoms with Crippen LogP contribution in [-0.2, 0) is 14.9 Å². The number of nitrogens with zero attached hydrogens (tertiary/aromatic N) is 2. The average Bonchev–Trinajstić information content (AvgIpc) is 3.10. The lowest BCUT2D eigenvalue weighted by Crippen LogP contribution is -2.69. The number of nitrogen functional groups attached to an aromatic ring is 1. The number of rotatable bonds is 0. The van der Waals surface area contributed by atoms with Gasteiger partial charge >= 0.3 is 0 Å². The van der Waals surface area contributed by atoms with Crippen LogP contribution in [0.1, 0.15) is 24.8 Å². The fraction of sp³-hybridized carbons (Fsp3) is 0.571. The Kier molecular flexibility index (Phi) is 2.38. The molecule has 134 valence electrons. The Morgan fingerprint density at radius 2 is 2.23 bits per heavy atom. The molecule has 1 amide bonds. The maximum Gasteiger partial charge on any atom is 0.229 e. The van der Waals surface area contributed by atoms with Crippen molar-refractivity contribution in [3.05, 3.63) is 35.4 Å². The molecule has 2 bridgehead atoms. The van der Waals surface area contributed by atoms with Crippen LogP contribution in [-0.4, -0.2) is 48.7 Å². The number of nitrogens with two attached hydrogens (primary N) is 1. The highest BCUT2D eigenvalue weighted by molar-refractivity contribution is 6.00. The Balaban J connectivity index is 1.56. The van der Waals surface area contributed by atoms with Crippen LogP contribution in [0.5, 0.6) is 0 Å². The van der Waals surface area contributed by atoms with Crippen molar-refractivity contribution < 1.29 is 9.53 Å². The maximum atomic E-state index is 13.2. The van der Waals surface area contributed by atoms with Crippen LogP contribution in [0.2, 0.25) is 0 Å². The summed E-state index contributed by atoms with van der Waals surface area (Å²) in [4.78, 5) is 18.1. The summed E-state index contributed by atoms with van der Waals surface area (Å²) in [5.41, 5.74) is 11.3. The summed E-state index contributed by atoms with van der Waals surface area (Å²) >= 11 is 0. The van der Waals surface area contributed by atoms with Gasteiger partial charge < -0.3 is 15.4 Å². The van der Waals surface area contributed by atoms with Gasteiger partial charge in [0.05, 0.1) is 25.2 Å². The zero-order chi connectivity index (χ0) is 17.2. The number of carbonyl (C=O) groups is 1. The summed E-state index contributed by atoms with van der Waals surface area (Å²) in [5, 5.41) is 0. The topological polar surface area (TPSA) is 58.8 Å². The first-order valence-corrected chi connectivity index (χ1v) is 9.96. The Bertz CT molecular complexity index is 895. The fourth-order valence-electron chi connectivity index (χ4n) is 7.66. The highest BCUT2D eigenvalue weighted by atomic mass is 16.5. The molecule has 3 saturated heterocycles. The zero-order valence-electron chi connectivity index (χ0n) is 14.7. The third-order valence-corrected chi connectivity index (χ3v) is 8.35. The SMILES string of the molecule is Nc1cccc2c1C13CCN4CC5=CCOC6CC(=O)N2C1C6C5CC43. The summed E-state index contributed by atoms with van der Waals surface area (Å²) in [6.07, 6.45) is 5.19. The molecule has 0 aromatic heterocycles. The van der Waals surface area contributed by atoms with Crippen LogP contribution < -0.4 is 10.6 Å². The minimum atomic E-state index is -0.00456. The van der Waals surface area contributed by atoms with Gasteiger partial charge in [0.25, 0.3) is 0 Å². The second-order valence-corrected chi connectivity index (χ2v) is 9.00. The van der Waals surface area contributed by atoms with E-state index < -0.39 is 0 Å². The van der Waals surface area contributed by atoms with Crippen LogP contribution in [0.3, 0.4) is 0 Å². The molecule has 1 aromatic carbocycles. The lowest BCUT2D eigenvalue weighted by molar-refractivity contribution is -0.132. The molecule has 2 N–H and O–H groups in total. The Hall–Kier alpha value is -1.85. The monoisotopic (exact) mass is 349 g/mol. The number of benzene rings is 1. The van der Waals surface area contributed by atoms with E-state index in [-0.39, 0.29) is 23.5 Å². The number of ether oxygens (including phenoxy) is 1. The van der Waals surface area contributed by atoms with E-state index in [4.69, 9.17) is 10.5 Å². The smallest absolute Gasteiger partial charge is 0.229 e. The third-order valence-electron chi connectivity index (χ3n) is 8.35. The van der Waals surface area contributed by atoms with E-state index in [0.29, 0.717) is 30.9 Å². The van der Waals surface area contributed by atoms with Crippen molar-refractivity contribution >= 4 is 17.3 Å². The zero-order valence-corrected chi connectivity index (χ0v) is 14.7. The van der Waals surface area contributed by atoms with E-state index in [0.717, 1.165) is 30.9 Å². The first kappa shape index (κ1) is 14.2. The molecule has 26 heavy (non-hydrogen) atoms. The van der Waals surface area contributed by atoms with Gasteiger partial charge in [-0.3, -0.25) is 9.69 Å². The minimum absolute atomic E-state index is 0.00456. The molecule has 1 aromatic rings. The molecule has 6 aliphatic rings. The first-order chi connectivity index (χ1) is 12.7. The van der Waals surface area contributed by atoms with Crippen LogP contribution in [0.15, 0.2) is 29.8 Å². The second kappa shape index (κ2) is 4.34. The maximum absolute atomic E-state index is 13.2. The lowest BCUT2D eigenvalue weighted by atomic mass is 9.53. The quantitative estimate of drug-likeness (QED) is 0.572. The molecule has 0 radical (unpaired) electrons. The number of hydrogen-bond acceptors (Lipinski definition) is 4. The third kappa shape index (κ3) is 1.34. The van der Waals surface area contributed by atoms with E-state index >= 15 is 0 Å². The van der Waals surface area contributed by atoms with E-state index in [2.05, 4.69) is 21.9 Å². The van der Waals surface area contributed by atoms with E-state index in [1.54, 1.807) is 5.57 Å². The Morgan fingerprint density at radius 1 is 1.31 bits per heavy atom. The van der Waals surface area contributed by atoms with Crippen molar-refractivity contribution in [1.29, 1.82) is 0 Å². The highest BCUT2D eigenvalue weighted by Crippen LogP contribution is 2.66. The van der Waals surface area contributed by atoms with Crippen molar-refractivity contribution in [3.8, 4) is 0 Å². The number of fused-ring (bicyclic) bond motifs is 2. The van der Waals surface area contributed by atoms with Crippen molar-refractivity contribution in [1.82, 2.24) is 4.90 Å². The summed E-state index contributed by atoms with van der Waals surface area (Å²) in [6, 6.07) is 6.88. The van der Waals surface area contributed by atoms with Gasteiger partial charge in [-0.1, -0.05) is 17.7 Å². The van der Waals surface area contributed by atoms with E-state index in [1.807, 2.05) is 12.1 Å². The van der Waals surface area contributed by atoms with Crippen LogP contribution in [0, 0.1) is 11.8 Å². The lowest BCUT2D eigenvalue weighted by Gasteiger charge is -2.58. The van der Waals surface area contributed by atoms with Gasteiger partial charge in [-0.25, -0.2) is 0 Å². The van der Waals surface area contributed by atoms with Crippen molar-refractivity contribution in [3.63, 3.8) is 0 Å². The standard InChI is InChI=1S/C21H23N3O2/c22-13-2-1-3-14-19(13)21-5-6-23-10-11-4-7-26-15-9-17(25)24(14)20(21)18(15)12(11)8-16(21)23/h1-4,12,15-16,18,20H,5-10,22H2. The number of carbonyl (C=O) groups excluding carboxylic acids is 1. The number of hydrogen-bond donors (Lipinski definition) is 1. The molecule has 1 saturated carbocycles. The predicted molar refractivity (Wildman–Crippen MR) is 97.8 cm³/mol. The van der Waals surface area contributed by atoms with Crippen LogP contribution in [0.4, 0.5) is 11.4 Å². The minimum Gasteiger partial charge on any atom is -0.398 e. The van der Waals surface area contributed by atoms with Gasteiger partial charge in [-0.05, 0) is 37.4 Å². The van der Waals surface area contributed by atoms with Gasteiger partial charge in [-0.15, -0.1) is 0 Å². The molecule has 1 aliphatic carbocycles.